The summed E-state index contributed by atoms with van der Waals surface area (Å²) in [5.74, 6) is 1.92. The molecule has 0 radical (unpaired) electrons. The van der Waals surface area contributed by atoms with E-state index in [1.165, 1.54) is 0 Å². The SMILES string of the molecule is CC.CCCc1nc(CC)c2c(=O)[nH]c(-c3cc(SN(CCC)CCO)ccc3OCC)nn12. The van der Waals surface area contributed by atoms with Crippen LogP contribution in [-0.2, 0) is 12.8 Å². The van der Waals surface area contributed by atoms with Crippen LogP contribution in [0.15, 0.2) is 27.9 Å². The number of hydrogen-bond acceptors (Lipinski definition) is 7. The van der Waals surface area contributed by atoms with Crippen molar-refractivity contribution in [2.24, 2.45) is 0 Å². The minimum absolute atomic E-state index is 0.100. The third-order valence-corrected chi connectivity index (χ3v) is 6.10. The quantitative estimate of drug-likeness (QED) is 0.355. The molecule has 0 amide bonds. The second-order valence-electron chi connectivity index (χ2n) is 7.48. The van der Waals surface area contributed by atoms with Gasteiger partial charge in [0.25, 0.3) is 5.56 Å². The number of rotatable bonds is 12. The minimum Gasteiger partial charge on any atom is -0.493 e. The van der Waals surface area contributed by atoms with Gasteiger partial charge in [0.2, 0.25) is 0 Å². The Hall–Kier alpha value is -2.36. The minimum atomic E-state index is -0.199. The Bertz CT molecular complexity index is 1090. The van der Waals surface area contributed by atoms with Gasteiger partial charge in [-0.3, -0.25) is 4.79 Å². The lowest BCUT2D eigenvalue weighted by atomic mass is 10.2. The number of fused-ring (bicyclic) bond motifs is 1. The van der Waals surface area contributed by atoms with Gasteiger partial charge in [0.15, 0.2) is 11.3 Å². The van der Waals surface area contributed by atoms with Crippen molar-refractivity contribution in [3.05, 3.63) is 40.1 Å². The summed E-state index contributed by atoms with van der Waals surface area (Å²) in [5, 5.41) is 14.2. The van der Waals surface area contributed by atoms with E-state index in [4.69, 9.17) is 9.84 Å². The monoisotopic (exact) mass is 489 g/mol. The third kappa shape index (κ3) is 6.61. The number of aryl methyl sites for hydroxylation is 2. The fraction of sp³-hybridized carbons (Fsp3) is 0.560. The van der Waals surface area contributed by atoms with E-state index >= 15 is 0 Å². The summed E-state index contributed by atoms with van der Waals surface area (Å²) < 4.78 is 9.67. The molecule has 1 aromatic carbocycles. The zero-order valence-electron chi connectivity index (χ0n) is 21.3. The summed E-state index contributed by atoms with van der Waals surface area (Å²) in [6, 6.07) is 5.88. The number of benzene rings is 1. The lowest BCUT2D eigenvalue weighted by molar-refractivity contribution is 0.262. The van der Waals surface area contributed by atoms with Crippen molar-refractivity contribution in [3.8, 4) is 17.1 Å². The van der Waals surface area contributed by atoms with Crippen molar-refractivity contribution >= 4 is 17.5 Å². The molecule has 0 unspecified atom stereocenters. The van der Waals surface area contributed by atoms with Gasteiger partial charge in [-0.2, -0.15) is 0 Å². The molecule has 2 heterocycles. The molecule has 0 fully saturated rings. The van der Waals surface area contributed by atoms with Crippen LogP contribution in [0.25, 0.3) is 16.9 Å². The maximum absolute atomic E-state index is 13.0. The second kappa shape index (κ2) is 14.1. The van der Waals surface area contributed by atoms with E-state index < -0.39 is 0 Å². The van der Waals surface area contributed by atoms with E-state index in [9.17, 15) is 9.90 Å². The molecule has 34 heavy (non-hydrogen) atoms. The molecule has 188 valence electrons. The van der Waals surface area contributed by atoms with Crippen LogP contribution < -0.4 is 10.3 Å². The molecule has 3 aromatic rings. The number of hydrogen-bond donors (Lipinski definition) is 2. The lowest BCUT2D eigenvalue weighted by Crippen LogP contribution is -2.20. The van der Waals surface area contributed by atoms with E-state index in [1.54, 1.807) is 16.5 Å². The van der Waals surface area contributed by atoms with Crippen LogP contribution in [0, 0.1) is 0 Å². The van der Waals surface area contributed by atoms with Crippen LogP contribution in [0.2, 0.25) is 0 Å². The number of imidazole rings is 1. The van der Waals surface area contributed by atoms with Crippen LogP contribution in [0.1, 0.15) is 65.9 Å². The van der Waals surface area contributed by atoms with Crippen molar-refractivity contribution in [3.63, 3.8) is 0 Å². The van der Waals surface area contributed by atoms with Gasteiger partial charge in [-0.1, -0.05) is 34.6 Å². The van der Waals surface area contributed by atoms with Crippen LogP contribution in [-0.4, -0.2) is 55.3 Å². The summed E-state index contributed by atoms with van der Waals surface area (Å²) in [5.41, 5.74) is 1.81. The molecule has 2 N–H and O–H groups in total. The number of aromatic amines is 1. The van der Waals surface area contributed by atoms with E-state index in [1.807, 2.05) is 45.9 Å². The first-order valence-electron chi connectivity index (χ1n) is 12.4. The number of H-pyrrole nitrogens is 1. The molecule has 0 saturated carbocycles. The fourth-order valence-corrected chi connectivity index (χ4v) is 4.68. The third-order valence-electron chi connectivity index (χ3n) is 5.01. The predicted molar refractivity (Wildman–Crippen MR) is 140 cm³/mol. The standard InChI is InChI=1S/C23H33N5O3S.C2H6/c1-5-9-20-24-18(7-3)21-23(30)25-22(26-28(20)21)17-15-16(10-11-19(17)31-8-4)32-27(12-6-2)13-14-29;1-2/h10-11,15,29H,5-9,12-14H2,1-4H3,(H,25,26,30);1-2H3. The van der Waals surface area contributed by atoms with Crippen molar-refractivity contribution in [2.75, 3.05) is 26.3 Å². The first-order chi connectivity index (χ1) is 16.6. The Labute approximate surface area is 206 Å². The average molecular weight is 490 g/mol. The number of aromatic nitrogens is 4. The summed E-state index contributed by atoms with van der Waals surface area (Å²) in [6.07, 6.45) is 3.33. The number of aliphatic hydroxyl groups excluding tert-OH is 1. The first-order valence-corrected chi connectivity index (χ1v) is 13.1. The summed E-state index contributed by atoms with van der Waals surface area (Å²) in [6.45, 7) is 14.2. The molecule has 2 aromatic heterocycles. The highest BCUT2D eigenvalue weighted by molar-refractivity contribution is 7.97. The second-order valence-corrected chi connectivity index (χ2v) is 8.65. The van der Waals surface area contributed by atoms with Crippen LogP contribution in [0.5, 0.6) is 5.75 Å². The molecule has 9 heteroatoms. The molecule has 0 aliphatic rings. The Balaban J connectivity index is 0.00000199. The molecule has 3 rings (SSSR count). The Morgan fingerprint density at radius 1 is 1.15 bits per heavy atom. The highest BCUT2D eigenvalue weighted by Gasteiger charge is 2.18. The number of ether oxygens (including phenoxy) is 1. The molecule has 0 aliphatic heterocycles. The van der Waals surface area contributed by atoms with Gasteiger partial charge in [-0.05, 0) is 56.3 Å². The summed E-state index contributed by atoms with van der Waals surface area (Å²) in [7, 11) is 0. The van der Waals surface area contributed by atoms with Gasteiger partial charge in [0.1, 0.15) is 11.6 Å². The van der Waals surface area contributed by atoms with E-state index in [2.05, 4.69) is 28.1 Å². The highest BCUT2D eigenvalue weighted by Crippen LogP contribution is 2.33. The van der Waals surface area contributed by atoms with Crippen LogP contribution >= 0.6 is 11.9 Å². The van der Waals surface area contributed by atoms with E-state index in [0.29, 0.717) is 36.7 Å². The zero-order valence-corrected chi connectivity index (χ0v) is 22.2. The van der Waals surface area contributed by atoms with Gasteiger partial charge in [0, 0.05) is 24.4 Å². The Morgan fingerprint density at radius 2 is 1.91 bits per heavy atom. The van der Waals surface area contributed by atoms with Gasteiger partial charge in [-0.15, -0.1) is 5.10 Å². The Morgan fingerprint density at radius 3 is 2.53 bits per heavy atom. The highest BCUT2D eigenvalue weighted by atomic mass is 32.2. The molecule has 0 bridgehead atoms. The average Bonchev–Trinajstić information content (AvgIpc) is 3.20. The molecular formula is C25H39N5O3S. The zero-order chi connectivity index (χ0) is 25.1. The molecule has 0 spiro atoms. The van der Waals surface area contributed by atoms with Crippen molar-refractivity contribution in [1.82, 2.24) is 23.9 Å². The maximum Gasteiger partial charge on any atom is 0.277 e. The molecular weight excluding hydrogens is 450 g/mol. The van der Waals surface area contributed by atoms with Gasteiger partial charge < -0.3 is 14.8 Å². The number of aliphatic hydroxyl groups is 1. The van der Waals surface area contributed by atoms with Crippen LogP contribution in [0.4, 0.5) is 0 Å². The van der Waals surface area contributed by atoms with Crippen molar-refractivity contribution in [1.29, 1.82) is 0 Å². The predicted octanol–water partition coefficient (Wildman–Crippen LogP) is 4.74. The smallest absolute Gasteiger partial charge is 0.277 e. The normalized spacial score (nSPS) is 11.1. The van der Waals surface area contributed by atoms with Crippen molar-refractivity contribution < 1.29 is 9.84 Å². The van der Waals surface area contributed by atoms with Gasteiger partial charge in [-0.25, -0.2) is 13.8 Å². The lowest BCUT2D eigenvalue weighted by Gasteiger charge is -2.20. The topological polar surface area (TPSA) is 95.8 Å². The molecule has 0 saturated heterocycles. The Kier molecular flexibility index (Phi) is 11.6. The number of nitrogens with zero attached hydrogens (tertiary/aromatic N) is 4. The number of nitrogens with one attached hydrogen (secondary N) is 1. The van der Waals surface area contributed by atoms with Crippen LogP contribution in [0.3, 0.4) is 0 Å². The van der Waals surface area contributed by atoms with Crippen molar-refractivity contribution in [2.45, 2.75) is 72.1 Å². The van der Waals surface area contributed by atoms with Gasteiger partial charge >= 0.3 is 0 Å². The first kappa shape index (κ1) is 27.9. The fourth-order valence-electron chi connectivity index (χ4n) is 3.63. The molecule has 0 atom stereocenters. The summed E-state index contributed by atoms with van der Waals surface area (Å²) >= 11 is 1.58. The maximum atomic E-state index is 13.0. The molecule has 8 nitrogen and oxygen atoms in total. The van der Waals surface area contributed by atoms with E-state index in [-0.39, 0.29) is 12.2 Å². The van der Waals surface area contributed by atoms with Gasteiger partial charge in [0.05, 0.1) is 24.5 Å². The largest absolute Gasteiger partial charge is 0.493 e. The molecule has 0 aliphatic carbocycles. The van der Waals surface area contributed by atoms with E-state index in [0.717, 1.165) is 47.8 Å². The summed E-state index contributed by atoms with van der Waals surface area (Å²) in [4.78, 5) is 21.6.